The number of anilines is 2. The van der Waals surface area contributed by atoms with E-state index < -0.39 is 0 Å². The third-order valence-corrected chi connectivity index (χ3v) is 4.54. The van der Waals surface area contributed by atoms with Gasteiger partial charge in [0.2, 0.25) is 5.88 Å². The highest BCUT2D eigenvalue weighted by Crippen LogP contribution is 2.31. The lowest BCUT2D eigenvalue weighted by Crippen LogP contribution is -2.34. The molecule has 1 aliphatic carbocycles. The van der Waals surface area contributed by atoms with Crippen molar-refractivity contribution in [2.75, 3.05) is 24.4 Å². The van der Waals surface area contributed by atoms with Crippen LogP contribution in [0.1, 0.15) is 25.7 Å². The highest BCUT2D eigenvalue weighted by Gasteiger charge is 2.25. The lowest BCUT2D eigenvalue weighted by molar-refractivity contribution is 0.399. The van der Waals surface area contributed by atoms with E-state index >= 15 is 0 Å². The fraction of sp³-hybridized carbons (Fsp3) is 0.667. The first-order valence-electron chi connectivity index (χ1n) is 6.20. The molecule has 0 spiro atoms. The van der Waals surface area contributed by atoms with E-state index in [1.807, 2.05) is 11.8 Å². The van der Waals surface area contributed by atoms with E-state index in [1.165, 1.54) is 25.6 Å². The van der Waals surface area contributed by atoms with Gasteiger partial charge in [-0.2, -0.15) is 16.7 Å². The maximum absolute atomic E-state index is 5.98. The summed E-state index contributed by atoms with van der Waals surface area (Å²) in [5, 5.41) is 4.07. The van der Waals surface area contributed by atoms with Gasteiger partial charge in [0.15, 0.2) is 5.82 Å². The Morgan fingerprint density at radius 3 is 2.89 bits per heavy atom. The Balaban J connectivity index is 2.12. The number of nitrogens with zero attached hydrogens (tertiary/aromatic N) is 2. The Bertz CT molecular complexity index is 402. The van der Waals surface area contributed by atoms with Crippen LogP contribution in [0.5, 0.6) is 5.88 Å². The van der Waals surface area contributed by atoms with Crippen molar-refractivity contribution in [3.63, 3.8) is 0 Å². The monoisotopic (exact) mass is 268 g/mol. The molecule has 2 unspecified atom stereocenters. The SMILES string of the molecule is COc1ncnc(NC2CCCCC2SC)c1N. The number of thioether (sulfide) groups is 1. The normalized spacial score (nSPS) is 23.7. The van der Waals surface area contributed by atoms with Crippen LogP contribution in [-0.2, 0) is 0 Å². The summed E-state index contributed by atoms with van der Waals surface area (Å²) < 4.78 is 5.11. The molecule has 1 aromatic rings. The van der Waals surface area contributed by atoms with Gasteiger partial charge >= 0.3 is 0 Å². The van der Waals surface area contributed by atoms with Gasteiger partial charge in [0.05, 0.1) is 7.11 Å². The Kier molecular flexibility index (Phi) is 4.52. The van der Waals surface area contributed by atoms with E-state index in [1.54, 1.807) is 7.11 Å². The minimum absolute atomic E-state index is 0.427. The molecule has 2 rings (SSSR count). The van der Waals surface area contributed by atoms with Crippen LogP contribution >= 0.6 is 11.8 Å². The summed E-state index contributed by atoms with van der Waals surface area (Å²) >= 11 is 1.91. The second-order valence-corrected chi connectivity index (χ2v) is 5.53. The highest BCUT2D eigenvalue weighted by atomic mass is 32.2. The van der Waals surface area contributed by atoms with Crippen LogP contribution in [0.2, 0.25) is 0 Å². The second kappa shape index (κ2) is 6.13. The van der Waals surface area contributed by atoms with Crippen molar-refractivity contribution in [3.05, 3.63) is 6.33 Å². The summed E-state index contributed by atoms with van der Waals surface area (Å²) in [5.41, 5.74) is 6.47. The number of rotatable bonds is 4. The number of methoxy groups -OCH3 is 1. The van der Waals surface area contributed by atoms with Crippen molar-refractivity contribution < 1.29 is 4.74 Å². The number of aromatic nitrogens is 2. The smallest absolute Gasteiger partial charge is 0.242 e. The zero-order valence-corrected chi connectivity index (χ0v) is 11.7. The zero-order chi connectivity index (χ0) is 13.0. The summed E-state index contributed by atoms with van der Waals surface area (Å²) in [6.45, 7) is 0. The number of ether oxygens (including phenoxy) is 1. The average Bonchev–Trinajstić information content (AvgIpc) is 2.42. The number of nitrogens with one attached hydrogen (secondary N) is 1. The van der Waals surface area contributed by atoms with Gasteiger partial charge in [-0.25, -0.2) is 4.98 Å². The molecular weight excluding hydrogens is 248 g/mol. The molecule has 1 aromatic heterocycles. The molecule has 2 atom stereocenters. The van der Waals surface area contributed by atoms with Crippen molar-refractivity contribution in [3.8, 4) is 5.88 Å². The third-order valence-electron chi connectivity index (χ3n) is 3.37. The summed E-state index contributed by atoms with van der Waals surface area (Å²) in [5.74, 6) is 1.12. The van der Waals surface area contributed by atoms with E-state index in [2.05, 4.69) is 21.5 Å². The lowest BCUT2D eigenvalue weighted by atomic mass is 9.95. The Morgan fingerprint density at radius 1 is 1.39 bits per heavy atom. The molecule has 0 bridgehead atoms. The molecule has 0 aliphatic heterocycles. The summed E-state index contributed by atoms with van der Waals surface area (Å²) in [6, 6.07) is 0.427. The van der Waals surface area contributed by atoms with Crippen LogP contribution in [0, 0.1) is 0 Å². The van der Waals surface area contributed by atoms with Gasteiger partial charge in [-0.3, -0.25) is 0 Å². The van der Waals surface area contributed by atoms with E-state index in [0.29, 0.717) is 28.7 Å². The standard InChI is InChI=1S/C12H20N4OS/c1-17-12-10(13)11(14-7-15-12)16-8-5-3-4-6-9(8)18-2/h7-9H,3-6,13H2,1-2H3,(H,14,15,16). The lowest BCUT2D eigenvalue weighted by Gasteiger charge is -2.31. The molecule has 5 nitrogen and oxygen atoms in total. The van der Waals surface area contributed by atoms with Gasteiger partial charge < -0.3 is 15.8 Å². The Labute approximate surface area is 112 Å². The first-order chi connectivity index (χ1) is 8.76. The van der Waals surface area contributed by atoms with Crippen molar-refractivity contribution in [1.82, 2.24) is 9.97 Å². The maximum atomic E-state index is 5.98. The molecule has 0 radical (unpaired) electrons. The first kappa shape index (κ1) is 13.3. The van der Waals surface area contributed by atoms with Crippen LogP contribution in [0.4, 0.5) is 11.5 Å². The van der Waals surface area contributed by atoms with Gasteiger partial charge in [0.1, 0.15) is 12.0 Å². The average molecular weight is 268 g/mol. The predicted octanol–water partition coefficient (Wildman–Crippen LogP) is 2.15. The largest absolute Gasteiger partial charge is 0.479 e. The van der Waals surface area contributed by atoms with Gasteiger partial charge in [0, 0.05) is 11.3 Å². The molecule has 0 aromatic carbocycles. The van der Waals surface area contributed by atoms with E-state index in [0.717, 1.165) is 6.42 Å². The Morgan fingerprint density at radius 2 is 2.17 bits per heavy atom. The van der Waals surface area contributed by atoms with E-state index in [9.17, 15) is 0 Å². The van der Waals surface area contributed by atoms with E-state index in [4.69, 9.17) is 10.5 Å². The van der Waals surface area contributed by atoms with Crippen LogP contribution in [0.15, 0.2) is 6.33 Å². The quantitative estimate of drug-likeness (QED) is 0.871. The summed E-state index contributed by atoms with van der Waals surface area (Å²) in [6.07, 6.45) is 8.63. The molecule has 1 fully saturated rings. The topological polar surface area (TPSA) is 73.1 Å². The number of hydrogen-bond donors (Lipinski definition) is 2. The van der Waals surface area contributed by atoms with Crippen LogP contribution in [0.3, 0.4) is 0 Å². The molecule has 18 heavy (non-hydrogen) atoms. The number of hydrogen-bond acceptors (Lipinski definition) is 6. The number of nitrogens with two attached hydrogens (primary N) is 1. The van der Waals surface area contributed by atoms with Gasteiger partial charge in [-0.1, -0.05) is 12.8 Å². The van der Waals surface area contributed by atoms with Crippen LogP contribution in [0.25, 0.3) is 0 Å². The number of nitrogen functional groups attached to an aromatic ring is 1. The molecule has 0 amide bonds. The zero-order valence-electron chi connectivity index (χ0n) is 10.8. The van der Waals surface area contributed by atoms with Crippen LogP contribution < -0.4 is 15.8 Å². The molecule has 1 heterocycles. The second-order valence-electron chi connectivity index (χ2n) is 4.45. The Hall–Kier alpha value is -1.17. The molecule has 0 saturated heterocycles. The van der Waals surface area contributed by atoms with Crippen molar-refractivity contribution in [2.45, 2.75) is 37.0 Å². The van der Waals surface area contributed by atoms with E-state index in [-0.39, 0.29) is 0 Å². The molecule has 1 saturated carbocycles. The molecule has 1 aliphatic rings. The molecular formula is C12H20N4OS. The van der Waals surface area contributed by atoms with Gasteiger partial charge in [-0.05, 0) is 19.1 Å². The van der Waals surface area contributed by atoms with Gasteiger partial charge in [-0.15, -0.1) is 0 Å². The van der Waals surface area contributed by atoms with Crippen molar-refractivity contribution >= 4 is 23.3 Å². The summed E-state index contributed by atoms with van der Waals surface area (Å²) in [4.78, 5) is 8.20. The van der Waals surface area contributed by atoms with Gasteiger partial charge in [0.25, 0.3) is 0 Å². The predicted molar refractivity (Wildman–Crippen MR) is 76.2 cm³/mol. The third kappa shape index (κ3) is 2.80. The first-order valence-corrected chi connectivity index (χ1v) is 7.49. The molecule has 3 N–H and O–H groups in total. The van der Waals surface area contributed by atoms with Crippen molar-refractivity contribution in [1.29, 1.82) is 0 Å². The molecule has 100 valence electrons. The minimum Gasteiger partial charge on any atom is -0.479 e. The maximum Gasteiger partial charge on any atom is 0.242 e. The fourth-order valence-corrected chi connectivity index (χ4v) is 3.31. The molecule has 6 heteroatoms. The minimum atomic E-state index is 0.427. The summed E-state index contributed by atoms with van der Waals surface area (Å²) in [7, 11) is 1.56. The highest BCUT2D eigenvalue weighted by molar-refractivity contribution is 7.99. The fourth-order valence-electron chi connectivity index (χ4n) is 2.38. The van der Waals surface area contributed by atoms with Crippen molar-refractivity contribution in [2.24, 2.45) is 0 Å². The van der Waals surface area contributed by atoms with Crippen LogP contribution in [-0.4, -0.2) is 34.6 Å².